The summed E-state index contributed by atoms with van der Waals surface area (Å²) in [7, 11) is 0. The Morgan fingerprint density at radius 1 is 0.941 bits per heavy atom. The fourth-order valence-corrected chi connectivity index (χ4v) is 5.63. The standard InChI is InChI=1S/C26H24N2O6/c1-14(29)15-7-9-19(10-8-15)27-21(30)13-34-26(33)18-3-2-4-20(12-18)28-24(31)22-16-5-6-17(11-16)23(22)25(28)32/h2-4,7-10,12,16-17,22-23H,5-6,11,13H2,1H3,(H,27,30)/t16-,17-,22+,23+/m0/s1. The molecule has 174 valence electrons. The van der Waals surface area contributed by atoms with Gasteiger partial charge in [-0.1, -0.05) is 6.07 Å². The molecule has 3 amide bonds. The van der Waals surface area contributed by atoms with Crippen molar-refractivity contribution in [1.82, 2.24) is 0 Å². The highest BCUT2D eigenvalue weighted by molar-refractivity contribution is 6.22. The zero-order chi connectivity index (χ0) is 24.0. The molecule has 2 aromatic rings. The Balaban J connectivity index is 1.22. The van der Waals surface area contributed by atoms with Crippen LogP contribution in [0, 0.1) is 23.7 Å². The third-order valence-corrected chi connectivity index (χ3v) is 7.18. The van der Waals surface area contributed by atoms with Gasteiger partial charge in [0.25, 0.3) is 5.91 Å². The van der Waals surface area contributed by atoms with Crippen molar-refractivity contribution in [2.24, 2.45) is 23.7 Å². The molecular formula is C26H24N2O6. The van der Waals surface area contributed by atoms with Gasteiger partial charge in [0.05, 0.1) is 23.1 Å². The van der Waals surface area contributed by atoms with Gasteiger partial charge in [0, 0.05) is 11.3 Å². The van der Waals surface area contributed by atoms with E-state index in [1.165, 1.54) is 24.0 Å². The second-order valence-electron chi connectivity index (χ2n) is 9.20. The van der Waals surface area contributed by atoms with E-state index in [0.29, 0.717) is 16.9 Å². The van der Waals surface area contributed by atoms with Gasteiger partial charge in [-0.15, -0.1) is 0 Å². The van der Waals surface area contributed by atoms with Crippen molar-refractivity contribution in [2.75, 3.05) is 16.8 Å². The van der Waals surface area contributed by atoms with Crippen LogP contribution in [-0.4, -0.2) is 36.1 Å². The van der Waals surface area contributed by atoms with E-state index in [-0.39, 0.29) is 46.8 Å². The first kappa shape index (κ1) is 22.0. The second-order valence-corrected chi connectivity index (χ2v) is 9.20. The highest BCUT2D eigenvalue weighted by atomic mass is 16.5. The van der Waals surface area contributed by atoms with Crippen molar-refractivity contribution in [3.05, 3.63) is 59.7 Å². The van der Waals surface area contributed by atoms with Crippen LogP contribution < -0.4 is 10.2 Å². The monoisotopic (exact) mass is 460 g/mol. The maximum atomic E-state index is 13.0. The van der Waals surface area contributed by atoms with Gasteiger partial charge in [-0.3, -0.25) is 24.1 Å². The Kier molecular flexibility index (Phi) is 5.51. The van der Waals surface area contributed by atoms with Crippen molar-refractivity contribution in [3.8, 4) is 0 Å². The number of hydrogen-bond donors (Lipinski definition) is 1. The number of carbonyl (C=O) groups is 5. The number of Topliss-reactive ketones (excluding diaryl/α,β-unsaturated/α-hetero) is 1. The molecule has 2 aliphatic carbocycles. The molecule has 2 aromatic carbocycles. The number of imide groups is 1. The van der Waals surface area contributed by atoms with E-state index in [9.17, 15) is 24.0 Å². The summed E-state index contributed by atoms with van der Waals surface area (Å²) in [5.74, 6) is -1.63. The lowest BCUT2D eigenvalue weighted by Gasteiger charge is -2.19. The Morgan fingerprint density at radius 3 is 2.21 bits per heavy atom. The van der Waals surface area contributed by atoms with E-state index in [0.717, 1.165) is 19.3 Å². The maximum Gasteiger partial charge on any atom is 0.338 e. The average Bonchev–Trinajstić information content (AvgIpc) is 3.51. The lowest BCUT2D eigenvalue weighted by atomic mass is 9.81. The van der Waals surface area contributed by atoms with Crippen LogP contribution in [0.1, 0.15) is 46.9 Å². The SMILES string of the molecule is CC(=O)c1ccc(NC(=O)COC(=O)c2cccc(N3C(=O)[C@@H]4[C@H]5CC[C@@H](C5)[C@H]4C3=O)c2)cc1. The summed E-state index contributed by atoms with van der Waals surface area (Å²) >= 11 is 0. The van der Waals surface area contributed by atoms with Crippen LogP contribution in [-0.2, 0) is 19.1 Å². The average molecular weight is 460 g/mol. The summed E-state index contributed by atoms with van der Waals surface area (Å²) in [6.07, 6.45) is 2.94. The summed E-state index contributed by atoms with van der Waals surface area (Å²) in [4.78, 5) is 63.3. The van der Waals surface area contributed by atoms with E-state index in [2.05, 4.69) is 5.32 Å². The number of fused-ring (bicyclic) bond motifs is 5. The molecule has 0 spiro atoms. The molecule has 8 heteroatoms. The minimum Gasteiger partial charge on any atom is -0.452 e. The predicted octanol–water partition coefficient (Wildman–Crippen LogP) is 3.22. The van der Waals surface area contributed by atoms with Gasteiger partial charge in [-0.05, 0) is 80.5 Å². The van der Waals surface area contributed by atoms with Gasteiger partial charge in [0.15, 0.2) is 12.4 Å². The molecule has 34 heavy (non-hydrogen) atoms. The number of ketones is 1. The number of esters is 1. The lowest BCUT2D eigenvalue weighted by Crippen LogP contribution is -2.32. The molecular weight excluding hydrogens is 436 g/mol. The van der Waals surface area contributed by atoms with Gasteiger partial charge in [0.2, 0.25) is 11.8 Å². The number of carbonyl (C=O) groups excluding carboxylic acids is 5. The van der Waals surface area contributed by atoms with Gasteiger partial charge in [-0.25, -0.2) is 4.79 Å². The zero-order valence-corrected chi connectivity index (χ0v) is 18.7. The van der Waals surface area contributed by atoms with E-state index in [1.807, 2.05) is 0 Å². The number of nitrogens with one attached hydrogen (secondary N) is 1. The second kappa shape index (κ2) is 8.52. The molecule has 1 saturated heterocycles. The predicted molar refractivity (Wildman–Crippen MR) is 122 cm³/mol. The third kappa shape index (κ3) is 3.79. The highest BCUT2D eigenvalue weighted by Gasteiger charge is 2.61. The first-order valence-corrected chi connectivity index (χ1v) is 11.4. The van der Waals surface area contributed by atoms with Crippen molar-refractivity contribution in [1.29, 1.82) is 0 Å². The molecule has 1 N–H and O–H groups in total. The smallest absolute Gasteiger partial charge is 0.338 e. The number of anilines is 2. The number of rotatable bonds is 6. The van der Waals surface area contributed by atoms with Crippen molar-refractivity contribution < 1.29 is 28.7 Å². The molecule has 4 atom stereocenters. The molecule has 5 rings (SSSR count). The van der Waals surface area contributed by atoms with E-state index in [4.69, 9.17) is 4.74 Å². The minimum atomic E-state index is -0.733. The van der Waals surface area contributed by atoms with Crippen molar-refractivity contribution >= 4 is 40.8 Å². The summed E-state index contributed by atoms with van der Waals surface area (Å²) in [5, 5.41) is 2.59. The Bertz CT molecular complexity index is 1180. The van der Waals surface area contributed by atoms with Gasteiger partial charge >= 0.3 is 5.97 Å². The molecule has 8 nitrogen and oxygen atoms in total. The van der Waals surface area contributed by atoms with Crippen LogP contribution in [0.25, 0.3) is 0 Å². The maximum absolute atomic E-state index is 13.0. The summed E-state index contributed by atoms with van der Waals surface area (Å²) < 4.78 is 5.12. The van der Waals surface area contributed by atoms with Crippen molar-refractivity contribution in [2.45, 2.75) is 26.2 Å². The van der Waals surface area contributed by atoms with E-state index < -0.39 is 18.5 Å². The van der Waals surface area contributed by atoms with Gasteiger partial charge in [0.1, 0.15) is 0 Å². The molecule has 2 saturated carbocycles. The molecule has 0 unspecified atom stereocenters. The number of benzene rings is 2. The number of ether oxygens (including phenoxy) is 1. The lowest BCUT2D eigenvalue weighted by molar-refractivity contribution is -0.123. The van der Waals surface area contributed by atoms with Crippen LogP contribution in [0.5, 0.6) is 0 Å². The Hall–Kier alpha value is -3.81. The number of hydrogen-bond acceptors (Lipinski definition) is 6. The van der Waals surface area contributed by atoms with Crippen LogP contribution in [0.2, 0.25) is 0 Å². The zero-order valence-electron chi connectivity index (χ0n) is 18.7. The van der Waals surface area contributed by atoms with Crippen LogP contribution in [0.4, 0.5) is 11.4 Å². The topological polar surface area (TPSA) is 110 Å². The highest BCUT2D eigenvalue weighted by Crippen LogP contribution is 2.56. The van der Waals surface area contributed by atoms with E-state index in [1.54, 1.807) is 36.4 Å². The van der Waals surface area contributed by atoms with Crippen LogP contribution in [0.3, 0.4) is 0 Å². The third-order valence-electron chi connectivity index (χ3n) is 7.18. The van der Waals surface area contributed by atoms with Crippen LogP contribution >= 0.6 is 0 Å². The fourth-order valence-electron chi connectivity index (χ4n) is 5.63. The molecule has 3 aliphatic rings. The summed E-state index contributed by atoms with van der Waals surface area (Å²) in [5.41, 5.74) is 1.50. The minimum absolute atomic E-state index is 0.0815. The first-order chi connectivity index (χ1) is 16.3. The summed E-state index contributed by atoms with van der Waals surface area (Å²) in [6, 6.07) is 12.6. The first-order valence-electron chi connectivity index (χ1n) is 11.4. The molecule has 1 aliphatic heterocycles. The molecule has 2 bridgehead atoms. The van der Waals surface area contributed by atoms with Crippen molar-refractivity contribution in [3.63, 3.8) is 0 Å². The van der Waals surface area contributed by atoms with Gasteiger partial charge < -0.3 is 10.1 Å². The Morgan fingerprint density at radius 2 is 1.59 bits per heavy atom. The van der Waals surface area contributed by atoms with E-state index >= 15 is 0 Å². The quantitative estimate of drug-likeness (QED) is 0.403. The molecule has 0 radical (unpaired) electrons. The molecule has 1 heterocycles. The number of amides is 3. The largest absolute Gasteiger partial charge is 0.452 e. The molecule has 3 fully saturated rings. The van der Waals surface area contributed by atoms with Crippen LogP contribution in [0.15, 0.2) is 48.5 Å². The Labute approximate surface area is 196 Å². The summed E-state index contributed by atoms with van der Waals surface area (Å²) in [6.45, 7) is 0.944. The van der Waals surface area contributed by atoms with Gasteiger partial charge in [-0.2, -0.15) is 0 Å². The number of nitrogens with zero attached hydrogens (tertiary/aromatic N) is 1. The fraction of sp³-hybridized carbons (Fsp3) is 0.346. The normalized spacial score (nSPS) is 24.8. The molecule has 0 aromatic heterocycles.